The topological polar surface area (TPSA) is 88.4 Å². The first kappa shape index (κ1) is 13.8. The van der Waals surface area contributed by atoms with Crippen LogP contribution in [0.4, 0.5) is 0 Å². The van der Waals surface area contributed by atoms with E-state index < -0.39 is 30.7 Å². The minimum atomic E-state index is -1.26. The van der Waals surface area contributed by atoms with E-state index in [0.29, 0.717) is 0 Å². The van der Waals surface area contributed by atoms with Crippen molar-refractivity contribution in [2.45, 2.75) is 50.7 Å². The Morgan fingerprint density at radius 2 is 1.81 bits per heavy atom. The Morgan fingerprint density at radius 3 is 2.31 bits per heavy atom. The summed E-state index contributed by atoms with van der Waals surface area (Å²) in [5.41, 5.74) is 0. The fourth-order valence-electron chi connectivity index (χ4n) is 1.68. The van der Waals surface area contributed by atoms with Crippen LogP contribution in [-0.4, -0.2) is 65.8 Å². The van der Waals surface area contributed by atoms with Gasteiger partial charge in [0, 0.05) is 7.11 Å². The van der Waals surface area contributed by atoms with Crippen molar-refractivity contribution in [3.05, 3.63) is 0 Å². The number of ether oxygens (including phenoxy) is 3. The van der Waals surface area contributed by atoms with Gasteiger partial charge in [0.05, 0.1) is 12.7 Å². The molecule has 3 N–H and O–H groups in total. The van der Waals surface area contributed by atoms with Gasteiger partial charge in [0.1, 0.15) is 24.4 Å². The molecule has 0 aromatic carbocycles. The molecule has 1 aliphatic rings. The van der Waals surface area contributed by atoms with Crippen molar-refractivity contribution in [2.75, 3.05) is 13.7 Å². The van der Waals surface area contributed by atoms with Gasteiger partial charge in [-0.15, -0.1) is 0 Å². The predicted molar refractivity (Wildman–Crippen MR) is 54.8 cm³/mol. The van der Waals surface area contributed by atoms with E-state index in [1.54, 1.807) is 13.8 Å². The Bertz CT molecular complexity index is 209. The van der Waals surface area contributed by atoms with E-state index in [1.807, 2.05) is 0 Å². The molecule has 5 unspecified atom stereocenters. The average Bonchev–Trinajstić information content (AvgIpc) is 2.21. The molecule has 6 heteroatoms. The molecule has 0 saturated carbocycles. The molecule has 1 saturated heterocycles. The average molecular weight is 236 g/mol. The largest absolute Gasteiger partial charge is 0.387 e. The molecule has 0 aromatic rings. The summed E-state index contributed by atoms with van der Waals surface area (Å²) >= 11 is 0. The van der Waals surface area contributed by atoms with Crippen molar-refractivity contribution in [2.24, 2.45) is 0 Å². The molecule has 1 rings (SSSR count). The van der Waals surface area contributed by atoms with Crippen LogP contribution in [0.15, 0.2) is 0 Å². The Labute approximate surface area is 94.7 Å². The molecule has 0 amide bonds. The van der Waals surface area contributed by atoms with Crippen molar-refractivity contribution >= 4 is 0 Å². The fraction of sp³-hybridized carbons (Fsp3) is 1.00. The molecule has 0 radical (unpaired) electrons. The number of rotatable bonds is 4. The summed E-state index contributed by atoms with van der Waals surface area (Å²) in [4.78, 5) is 0. The summed E-state index contributed by atoms with van der Waals surface area (Å²) in [6.45, 7) is 3.64. The van der Waals surface area contributed by atoms with Gasteiger partial charge in [-0.25, -0.2) is 0 Å². The van der Waals surface area contributed by atoms with E-state index in [0.717, 1.165) is 0 Å². The molecule has 6 nitrogen and oxygen atoms in total. The second-order valence-electron chi connectivity index (χ2n) is 4.15. The highest BCUT2D eigenvalue weighted by Crippen LogP contribution is 2.23. The molecule has 1 fully saturated rings. The predicted octanol–water partition coefficient (Wildman–Crippen LogP) is -1.13. The quantitative estimate of drug-likeness (QED) is 0.572. The second kappa shape index (κ2) is 5.90. The molecule has 1 aliphatic heterocycles. The van der Waals surface area contributed by atoms with E-state index in [1.165, 1.54) is 7.11 Å². The van der Waals surface area contributed by atoms with Gasteiger partial charge in [-0.3, -0.25) is 0 Å². The van der Waals surface area contributed by atoms with Crippen LogP contribution in [0.2, 0.25) is 0 Å². The summed E-state index contributed by atoms with van der Waals surface area (Å²) in [6, 6.07) is 0. The molecular weight excluding hydrogens is 216 g/mol. The highest BCUT2D eigenvalue weighted by atomic mass is 16.7. The van der Waals surface area contributed by atoms with Gasteiger partial charge in [-0.05, 0) is 13.8 Å². The van der Waals surface area contributed by atoms with Gasteiger partial charge in [0.2, 0.25) is 0 Å². The van der Waals surface area contributed by atoms with Gasteiger partial charge in [-0.2, -0.15) is 0 Å². The molecule has 0 bridgehead atoms. The summed E-state index contributed by atoms with van der Waals surface area (Å²) in [5, 5.41) is 29.1. The number of aliphatic hydroxyl groups excluding tert-OH is 3. The van der Waals surface area contributed by atoms with Crippen LogP contribution in [0, 0.1) is 0 Å². The number of methoxy groups -OCH3 is 1. The molecular formula is C10H20O6. The van der Waals surface area contributed by atoms with Gasteiger partial charge >= 0.3 is 0 Å². The Balaban J connectivity index is 2.64. The minimum absolute atomic E-state index is 0.101. The van der Waals surface area contributed by atoms with Crippen LogP contribution >= 0.6 is 0 Å². The lowest BCUT2D eigenvalue weighted by molar-refractivity contribution is -0.302. The lowest BCUT2D eigenvalue weighted by Crippen LogP contribution is -2.59. The number of hydrogen-bond donors (Lipinski definition) is 3. The summed E-state index contributed by atoms with van der Waals surface area (Å²) in [6.07, 6.45) is -5.45. The van der Waals surface area contributed by atoms with Gasteiger partial charge in [-0.1, -0.05) is 0 Å². The van der Waals surface area contributed by atoms with E-state index >= 15 is 0 Å². The highest BCUT2D eigenvalue weighted by Gasteiger charge is 2.44. The van der Waals surface area contributed by atoms with E-state index in [-0.39, 0.29) is 12.7 Å². The third-order valence-corrected chi connectivity index (χ3v) is 2.42. The molecule has 0 spiro atoms. The molecule has 96 valence electrons. The molecule has 1 heterocycles. The van der Waals surface area contributed by atoms with Crippen LogP contribution in [0.25, 0.3) is 0 Å². The summed E-state index contributed by atoms with van der Waals surface area (Å²) in [7, 11) is 1.45. The first-order chi connectivity index (χ1) is 7.47. The van der Waals surface area contributed by atoms with Crippen LogP contribution in [0.5, 0.6) is 0 Å². The van der Waals surface area contributed by atoms with Crippen molar-refractivity contribution in [3.63, 3.8) is 0 Å². The Kier molecular flexibility index (Phi) is 5.10. The molecule has 0 aromatic heterocycles. The highest BCUT2D eigenvalue weighted by molar-refractivity contribution is 4.89. The lowest BCUT2D eigenvalue weighted by atomic mass is 9.99. The SMILES string of the molecule is COCC1OC(O)C(OC(C)C)C(O)C1O. The zero-order valence-corrected chi connectivity index (χ0v) is 9.74. The zero-order chi connectivity index (χ0) is 12.3. The first-order valence-corrected chi connectivity index (χ1v) is 5.31. The Morgan fingerprint density at radius 1 is 1.19 bits per heavy atom. The third kappa shape index (κ3) is 3.13. The fourth-order valence-corrected chi connectivity index (χ4v) is 1.68. The van der Waals surface area contributed by atoms with Crippen molar-refractivity contribution in [1.82, 2.24) is 0 Å². The smallest absolute Gasteiger partial charge is 0.184 e. The lowest BCUT2D eigenvalue weighted by Gasteiger charge is -2.40. The van der Waals surface area contributed by atoms with Crippen LogP contribution < -0.4 is 0 Å². The van der Waals surface area contributed by atoms with E-state index in [2.05, 4.69) is 0 Å². The van der Waals surface area contributed by atoms with Crippen LogP contribution in [0.3, 0.4) is 0 Å². The maximum Gasteiger partial charge on any atom is 0.184 e. The van der Waals surface area contributed by atoms with Crippen molar-refractivity contribution in [1.29, 1.82) is 0 Å². The van der Waals surface area contributed by atoms with Gasteiger partial charge < -0.3 is 29.5 Å². The summed E-state index contributed by atoms with van der Waals surface area (Å²) < 4.78 is 15.2. The van der Waals surface area contributed by atoms with E-state index in [9.17, 15) is 15.3 Å². The number of aliphatic hydroxyl groups is 3. The van der Waals surface area contributed by atoms with Crippen molar-refractivity contribution in [3.8, 4) is 0 Å². The monoisotopic (exact) mass is 236 g/mol. The first-order valence-electron chi connectivity index (χ1n) is 5.31. The van der Waals surface area contributed by atoms with Crippen LogP contribution in [-0.2, 0) is 14.2 Å². The van der Waals surface area contributed by atoms with Crippen LogP contribution in [0.1, 0.15) is 13.8 Å². The maximum absolute atomic E-state index is 9.78. The normalized spacial score (nSPS) is 40.3. The molecule has 16 heavy (non-hydrogen) atoms. The minimum Gasteiger partial charge on any atom is -0.387 e. The Hall–Kier alpha value is -0.240. The van der Waals surface area contributed by atoms with E-state index in [4.69, 9.17) is 14.2 Å². The second-order valence-corrected chi connectivity index (χ2v) is 4.15. The molecule has 5 atom stereocenters. The summed E-state index contributed by atoms with van der Waals surface area (Å²) in [5.74, 6) is 0. The standard InChI is InChI=1S/C10H20O6/c1-5(2)15-9-8(12)7(11)6(4-14-3)16-10(9)13/h5-13H,4H2,1-3H3. The van der Waals surface area contributed by atoms with Gasteiger partial charge in [0.15, 0.2) is 6.29 Å². The van der Waals surface area contributed by atoms with Crippen molar-refractivity contribution < 1.29 is 29.5 Å². The molecule has 0 aliphatic carbocycles. The maximum atomic E-state index is 9.78. The zero-order valence-electron chi connectivity index (χ0n) is 9.74. The number of hydrogen-bond acceptors (Lipinski definition) is 6. The van der Waals surface area contributed by atoms with Gasteiger partial charge in [0.25, 0.3) is 0 Å². The third-order valence-electron chi connectivity index (χ3n) is 2.42.